The van der Waals surface area contributed by atoms with E-state index in [4.69, 9.17) is 4.74 Å². The predicted octanol–water partition coefficient (Wildman–Crippen LogP) is 4.13. The third-order valence-electron chi connectivity index (χ3n) is 4.56. The third kappa shape index (κ3) is 4.10. The highest BCUT2D eigenvalue weighted by Crippen LogP contribution is 2.25. The number of hydrogen-bond donors (Lipinski definition) is 1. The van der Waals surface area contributed by atoms with Gasteiger partial charge in [-0.1, -0.05) is 18.2 Å². The Morgan fingerprint density at radius 2 is 2.00 bits per heavy atom. The maximum atomic E-state index is 14.2. The fraction of sp³-hybridized carbons (Fsp3) is 0.350. The van der Waals surface area contributed by atoms with E-state index in [-0.39, 0.29) is 17.8 Å². The summed E-state index contributed by atoms with van der Waals surface area (Å²) in [7, 11) is 1.52. The molecule has 3 rings (SSSR count). The molecule has 0 aliphatic carbocycles. The van der Waals surface area contributed by atoms with Crippen LogP contribution in [0.2, 0.25) is 0 Å². The summed E-state index contributed by atoms with van der Waals surface area (Å²) in [5, 5.41) is 3.30. The second-order valence-corrected chi connectivity index (χ2v) is 6.37. The summed E-state index contributed by atoms with van der Waals surface area (Å²) in [5.41, 5.74) is 2.61. The number of nitrogens with one attached hydrogen (secondary N) is 1. The van der Waals surface area contributed by atoms with Gasteiger partial charge in [0.05, 0.1) is 13.2 Å². The van der Waals surface area contributed by atoms with Crippen LogP contribution in [0.25, 0.3) is 0 Å². The van der Waals surface area contributed by atoms with Crippen LogP contribution in [0.3, 0.4) is 0 Å². The molecule has 0 radical (unpaired) electrons. The molecule has 25 heavy (non-hydrogen) atoms. The van der Waals surface area contributed by atoms with Crippen molar-refractivity contribution in [1.29, 1.82) is 0 Å². The van der Waals surface area contributed by atoms with Crippen LogP contribution in [-0.4, -0.2) is 24.5 Å². The van der Waals surface area contributed by atoms with Crippen molar-refractivity contribution in [3.63, 3.8) is 0 Å². The number of methoxy groups -OCH3 is 1. The Labute approximate surface area is 147 Å². The van der Waals surface area contributed by atoms with Gasteiger partial charge < -0.3 is 15.0 Å². The van der Waals surface area contributed by atoms with Gasteiger partial charge in [0.25, 0.3) is 0 Å². The summed E-state index contributed by atoms with van der Waals surface area (Å²) in [6, 6.07) is 12.7. The van der Waals surface area contributed by atoms with E-state index in [1.54, 1.807) is 12.1 Å². The molecule has 4 nitrogen and oxygen atoms in total. The highest BCUT2D eigenvalue weighted by molar-refractivity contribution is 5.78. The van der Waals surface area contributed by atoms with Crippen LogP contribution in [0, 0.1) is 5.82 Å². The molecular weight excluding hydrogens is 319 g/mol. The number of benzene rings is 2. The Balaban J connectivity index is 1.63. The maximum absolute atomic E-state index is 14.2. The van der Waals surface area contributed by atoms with Gasteiger partial charge in [0, 0.05) is 36.8 Å². The summed E-state index contributed by atoms with van der Waals surface area (Å²) < 4.78 is 19.2. The molecular formula is C20H23FN2O2. The van der Waals surface area contributed by atoms with Crippen molar-refractivity contribution in [2.24, 2.45) is 0 Å². The van der Waals surface area contributed by atoms with E-state index in [0.29, 0.717) is 24.3 Å². The summed E-state index contributed by atoms with van der Waals surface area (Å²) in [4.78, 5) is 13.6. The number of ether oxygens (including phenoxy) is 1. The van der Waals surface area contributed by atoms with Gasteiger partial charge in [0.2, 0.25) is 5.91 Å². The minimum atomic E-state index is -0.288. The zero-order valence-corrected chi connectivity index (χ0v) is 14.6. The van der Waals surface area contributed by atoms with Crippen LogP contribution in [0.4, 0.5) is 10.1 Å². The van der Waals surface area contributed by atoms with Gasteiger partial charge >= 0.3 is 0 Å². The van der Waals surface area contributed by atoms with Crippen LogP contribution >= 0.6 is 0 Å². The van der Waals surface area contributed by atoms with E-state index >= 15 is 0 Å². The molecule has 0 unspecified atom stereocenters. The molecule has 1 amide bonds. The van der Waals surface area contributed by atoms with Gasteiger partial charge in [-0.2, -0.15) is 0 Å². The Kier molecular flexibility index (Phi) is 5.22. The van der Waals surface area contributed by atoms with Gasteiger partial charge in [0.15, 0.2) is 0 Å². The standard InChI is InChI=1S/C20H23FN2O2/c1-14(18-10-9-17(25-2)12-19(18)21)22-16-7-5-15(6-8-16)13-23-11-3-4-20(23)24/h5-10,12,14,22H,3-4,11,13H2,1-2H3/t14-/m0/s1. The quantitative estimate of drug-likeness (QED) is 0.858. The van der Waals surface area contributed by atoms with Crippen LogP contribution < -0.4 is 10.1 Å². The Bertz CT molecular complexity index is 746. The summed E-state index contributed by atoms with van der Waals surface area (Å²) in [6.07, 6.45) is 1.61. The lowest BCUT2D eigenvalue weighted by atomic mass is 10.1. The minimum Gasteiger partial charge on any atom is -0.497 e. The monoisotopic (exact) mass is 342 g/mol. The first-order valence-electron chi connectivity index (χ1n) is 8.53. The fourth-order valence-corrected chi connectivity index (χ4v) is 3.11. The van der Waals surface area contributed by atoms with Gasteiger partial charge in [-0.15, -0.1) is 0 Å². The SMILES string of the molecule is COc1ccc([C@H](C)Nc2ccc(CN3CCCC3=O)cc2)c(F)c1. The highest BCUT2D eigenvalue weighted by atomic mass is 19.1. The Hall–Kier alpha value is -2.56. The van der Waals surface area contributed by atoms with Gasteiger partial charge in [0.1, 0.15) is 11.6 Å². The molecule has 1 N–H and O–H groups in total. The molecule has 0 saturated carbocycles. The second-order valence-electron chi connectivity index (χ2n) is 6.37. The number of anilines is 1. The van der Waals surface area contributed by atoms with Crippen LogP contribution in [0.1, 0.15) is 36.9 Å². The van der Waals surface area contributed by atoms with Crippen molar-refractivity contribution >= 4 is 11.6 Å². The number of halogens is 1. The minimum absolute atomic E-state index is 0.170. The van der Waals surface area contributed by atoms with E-state index < -0.39 is 0 Å². The number of rotatable bonds is 6. The lowest BCUT2D eigenvalue weighted by molar-refractivity contribution is -0.128. The largest absolute Gasteiger partial charge is 0.497 e. The van der Waals surface area contributed by atoms with Gasteiger partial charge in [-0.3, -0.25) is 4.79 Å². The molecule has 0 aromatic heterocycles. The topological polar surface area (TPSA) is 41.6 Å². The molecule has 1 saturated heterocycles. The van der Waals surface area contributed by atoms with Crippen molar-refractivity contribution in [2.75, 3.05) is 19.0 Å². The third-order valence-corrected chi connectivity index (χ3v) is 4.56. The zero-order valence-electron chi connectivity index (χ0n) is 14.6. The van der Waals surface area contributed by atoms with Crippen molar-refractivity contribution in [2.45, 2.75) is 32.4 Å². The first kappa shape index (κ1) is 17.3. The maximum Gasteiger partial charge on any atom is 0.222 e. The zero-order chi connectivity index (χ0) is 17.8. The molecule has 0 bridgehead atoms. The first-order valence-corrected chi connectivity index (χ1v) is 8.53. The van der Waals surface area contributed by atoms with Gasteiger partial charge in [-0.05, 0) is 37.1 Å². The molecule has 0 spiro atoms. The first-order chi connectivity index (χ1) is 12.1. The number of likely N-dealkylation sites (tertiary alicyclic amines) is 1. The molecule has 1 heterocycles. The fourth-order valence-electron chi connectivity index (χ4n) is 3.11. The number of amides is 1. The average Bonchev–Trinajstić information content (AvgIpc) is 3.01. The molecule has 1 aliphatic rings. The normalized spacial score (nSPS) is 15.3. The molecule has 1 fully saturated rings. The molecule has 132 valence electrons. The molecule has 5 heteroatoms. The average molecular weight is 342 g/mol. The van der Waals surface area contributed by atoms with Crippen LogP contribution in [-0.2, 0) is 11.3 Å². The molecule has 2 aromatic carbocycles. The van der Waals surface area contributed by atoms with Crippen molar-refractivity contribution in [1.82, 2.24) is 4.90 Å². The summed E-state index contributed by atoms with van der Waals surface area (Å²) in [5.74, 6) is 0.448. The van der Waals surface area contributed by atoms with E-state index in [1.807, 2.05) is 36.1 Å². The number of nitrogens with zero attached hydrogens (tertiary/aromatic N) is 1. The summed E-state index contributed by atoms with van der Waals surface area (Å²) in [6.45, 7) is 3.41. The lowest BCUT2D eigenvalue weighted by Gasteiger charge is -2.18. The predicted molar refractivity (Wildman–Crippen MR) is 96.1 cm³/mol. The van der Waals surface area contributed by atoms with E-state index in [1.165, 1.54) is 13.2 Å². The van der Waals surface area contributed by atoms with Crippen LogP contribution in [0.5, 0.6) is 5.75 Å². The second kappa shape index (κ2) is 7.55. The van der Waals surface area contributed by atoms with Gasteiger partial charge in [-0.25, -0.2) is 4.39 Å². The lowest BCUT2D eigenvalue weighted by Crippen LogP contribution is -2.23. The highest BCUT2D eigenvalue weighted by Gasteiger charge is 2.19. The summed E-state index contributed by atoms with van der Waals surface area (Å²) >= 11 is 0. The molecule has 1 atom stereocenters. The van der Waals surface area contributed by atoms with E-state index in [0.717, 1.165) is 24.2 Å². The van der Waals surface area contributed by atoms with Crippen molar-refractivity contribution in [3.8, 4) is 5.75 Å². The van der Waals surface area contributed by atoms with Crippen LogP contribution in [0.15, 0.2) is 42.5 Å². The molecule has 1 aliphatic heterocycles. The molecule has 2 aromatic rings. The number of carbonyl (C=O) groups is 1. The van der Waals surface area contributed by atoms with Crippen molar-refractivity contribution < 1.29 is 13.9 Å². The van der Waals surface area contributed by atoms with Crippen molar-refractivity contribution in [3.05, 3.63) is 59.4 Å². The Morgan fingerprint density at radius 3 is 2.60 bits per heavy atom. The van der Waals surface area contributed by atoms with E-state index in [9.17, 15) is 9.18 Å². The number of hydrogen-bond acceptors (Lipinski definition) is 3. The number of carbonyl (C=O) groups excluding carboxylic acids is 1. The smallest absolute Gasteiger partial charge is 0.222 e. The Morgan fingerprint density at radius 1 is 1.24 bits per heavy atom. The van der Waals surface area contributed by atoms with E-state index in [2.05, 4.69) is 5.32 Å².